The lowest BCUT2D eigenvalue weighted by Gasteiger charge is -2.25. The van der Waals surface area contributed by atoms with Crippen LogP contribution in [0.4, 0.5) is 0 Å². The Hall–Kier alpha value is -2.27. The first-order chi connectivity index (χ1) is 10.6. The molecule has 0 aliphatic carbocycles. The topological polar surface area (TPSA) is 65.6 Å². The van der Waals surface area contributed by atoms with Crippen molar-refractivity contribution in [2.45, 2.75) is 25.5 Å². The van der Waals surface area contributed by atoms with Gasteiger partial charge < -0.3 is 19.7 Å². The van der Waals surface area contributed by atoms with E-state index in [-0.39, 0.29) is 11.9 Å². The molecular formula is C17H20N2O3. The third-order valence-corrected chi connectivity index (χ3v) is 4.19. The second-order valence-corrected chi connectivity index (χ2v) is 5.68. The molecule has 2 N–H and O–H groups in total. The predicted octanol–water partition coefficient (Wildman–Crippen LogP) is 2.28. The maximum absolute atomic E-state index is 12.8. The zero-order valence-electron chi connectivity index (χ0n) is 12.7. The van der Waals surface area contributed by atoms with Crippen LogP contribution in [0.25, 0.3) is 0 Å². The molecule has 2 heterocycles. The van der Waals surface area contributed by atoms with Gasteiger partial charge in [-0.25, -0.2) is 0 Å². The molecule has 116 valence electrons. The minimum Gasteiger partial charge on any atom is -0.497 e. The molecule has 0 radical (unpaired) electrons. The third-order valence-electron chi connectivity index (χ3n) is 4.19. The molecule has 22 heavy (non-hydrogen) atoms. The highest BCUT2D eigenvalue weighted by atomic mass is 16.5. The summed E-state index contributed by atoms with van der Waals surface area (Å²) in [5, 5.41) is 10.0. The van der Waals surface area contributed by atoms with Gasteiger partial charge in [-0.3, -0.25) is 4.79 Å². The maximum Gasteiger partial charge on any atom is 0.271 e. The number of aromatic nitrogens is 1. The van der Waals surface area contributed by atoms with E-state index in [9.17, 15) is 9.90 Å². The number of rotatable bonds is 3. The summed E-state index contributed by atoms with van der Waals surface area (Å²) < 4.78 is 5.26. The van der Waals surface area contributed by atoms with E-state index in [1.54, 1.807) is 18.2 Å². The number of hydrogen-bond acceptors (Lipinski definition) is 3. The number of β-amino-alcohol motifs (C(OH)–C–C–N with tert-alkyl or cyclic N) is 1. The normalized spacial score (nSPS) is 21.1. The number of H-pyrrole nitrogens is 1. The van der Waals surface area contributed by atoms with Crippen molar-refractivity contribution in [3.05, 3.63) is 53.3 Å². The molecule has 5 nitrogen and oxygen atoms in total. The highest BCUT2D eigenvalue weighted by molar-refractivity contribution is 5.94. The summed E-state index contributed by atoms with van der Waals surface area (Å²) in [7, 11) is 1.62. The van der Waals surface area contributed by atoms with E-state index < -0.39 is 6.10 Å². The molecule has 1 saturated heterocycles. The van der Waals surface area contributed by atoms with Crippen LogP contribution in [0.1, 0.15) is 34.1 Å². The van der Waals surface area contributed by atoms with Crippen LogP contribution in [-0.2, 0) is 0 Å². The van der Waals surface area contributed by atoms with E-state index in [1.165, 1.54) is 0 Å². The first-order valence-electron chi connectivity index (χ1n) is 7.37. The predicted molar refractivity (Wildman–Crippen MR) is 82.9 cm³/mol. The second-order valence-electron chi connectivity index (χ2n) is 5.68. The van der Waals surface area contributed by atoms with Crippen LogP contribution in [0.2, 0.25) is 0 Å². The summed E-state index contributed by atoms with van der Waals surface area (Å²) in [4.78, 5) is 17.5. The van der Waals surface area contributed by atoms with Crippen molar-refractivity contribution in [1.82, 2.24) is 9.88 Å². The average Bonchev–Trinajstić information content (AvgIpc) is 3.12. The number of likely N-dealkylation sites (tertiary alicyclic amines) is 1. The summed E-state index contributed by atoms with van der Waals surface area (Å²) in [6.45, 7) is 2.25. The Kier molecular flexibility index (Phi) is 3.90. The van der Waals surface area contributed by atoms with Crippen molar-refractivity contribution in [2.24, 2.45) is 0 Å². The zero-order valence-corrected chi connectivity index (χ0v) is 12.7. The first-order valence-corrected chi connectivity index (χ1v) is 7.37. The Morgan fingerprint density at radius 1 is 1.41 bits per heavy atom. The van der Waals surface area contributed by atoms with Crippen LogP contribution in [-0.4, -0.2) is 40.7 Å². The van der Waals surface area contributed by atoms with Crippen LogP contribution in [0.3, 0.4) is 0 Å². The van der Waals surface area contributed by atoms with Crippen LogP contribution in [0.15, 0.2) is 36.5 Å². The fourth-order valence-corrected chi connectivity index (χ4v) is 3.02. The van der Waals surface area contributed by atoms with Crippen LogP contribution < -0.4 is 4.74 Å². The number of nitrogens with one attached hydrogen (secondary N) is 1. The Labute approximate surface area is 129 Å². The van der Waals surface area contributed by atoms with Gasteiger partial charge in [0.1, 0.15) is 11.4 Å². The fourth-order valence-electron chi connectivity index (χ4n) is 3.02. The third kappa shape index (κ3) is 2.60. The van der Waals surface area contributed by atoms with Crippen molar-refractivity contribution in [3.63, 3.8) is 0 Å². The first kappa shape index (κ1) is 14.7. The molecule has 0 unspecified atom stereocenters. The molecule has 2 aromatic rings. The Morgan fingerprint density at radius 2 is 2.23 bits per heavy atom. The van der Waals surface area contributed by atoms with Gasteiger partial charge >= 0.3 is 0 Å². The molecule has 1 aromatic heterocycles. The van der Waals surface area contributed by atoms with E-state index in [4.69, 9.17) is 4.74 Å². The molecule has 1 amide bonds. The largest absolute Gasteiger partial charge is 0.497 e. The number of amides is 1. The number of aliphatic hydroxyl groups is 1. The van der Waals surface area contributed by atoms with E-state index in [0.717, 1.165) is 16.9 Å². The van der Waals surface area contributed by atoms with Crippen molar-refractivity contribution >= 4 is 5.91 Å². The van der Waals surface area contributed by atoms with Crippen LogP contribution >= 0.6 is 0 Å². The zero-order chi connectivity index (χ0) is 15.7. The van der Waals surface area contributed by atoms with E-state index in [0.29, 0.717) is 18.7 Å². The fraction of sp³-hybridized carbons (Fsp3) is 0.353. The van der Waals surface area contributed by atoms with Crippen molar-refractivity contribution in [1.29, 1.82) is 0 Å². The van der Waals surface area contributed by atoms with E-state index in [1.807, 2.05) is 37.3 Å². The Bertz CT molecular complexity index is 680. The highest BCUT2D eigenvalue weighted by Gasteiger charge is 2.36. The Morgan fingerprint density at radius 3 is 2.91 bits per heavy atom. The molecule has 5 heteroatoms. The summed E-state index contributed by atoms with van der Waals surface area (Å²) in [5.74, 6) is 0.675. The quantitative estimate of drug-likeness (QED) is 0.914. The minimum absolute atomic E-state index is 0.0770. The molecule has 1 aliphatic rings. The molecule has 2 atom stereocenters. The van der Waals surface area contributed by atoms with Gasteiger partial charge in [0.2, 0.25) is 0 Å². The lowest BCUT2D eigenvalue weighted by atomic mass is 10.0. The highest BCUT2D eigenvalue weighted by Crippen LogP contribution is 2.34. The smallest absolute Gasteiger partial charge is 0.271 e. The van der Waals surface area contributed by atoms with Gasteiger partial charge in [0.05, 0.1) is 19.3 Å². The number of carbonyl (C=O) groups excluding carboxylic acids is 1. The Balaban J connectivity index is 1.92. The lowest BCUT2D eigenvalue weighted by molar-refractivity contribution is 0.0709. The number of ether oxygens (including phenoxy) is 1. The number of aliphatic hydroxyl groups excluding tert-OH is 1. The van der Waals surface area contributed by atoms with Crippen LogP contribution in [0.5, 0.6) is 5.75 Å². The standard InChI is InChI=1S/C17H20N2O3/c1-11-6-7-18-16(11)17(21)19-10-13(20)9-15(19)12-4-3-5-14(8-12)22-2/h3-8,13,15,18,20H,9-10H2,1-2H3/t13-,15-/m1/s1. The number of carbonyl (C=O) groups is 1. The number of aromatic amines is 1. The van der Waals surface area contributed by atoms with Crippen molar-refractivity contribution in [2.75, 3.05) is 13.7 Å². The summed E-state index contributed by atoms with van der Waals surface area (Å²) >= 11 is 0. The summed E-state index contributed by atoms with van der Waals surface area (Å²) in [6.07, 6.45) is 1.80. The molecule has 3 rings (SSSR count). The maximum atomic E-state index is 12.8. The number of methoxy groups -OCH3 is 1. The number of aryl methyl sites for hydroxylation is 1. The van der Waals surface area contributed by atoms with Gasteiger partial charge in [0.15, 0.2) is 0 Å². The van der Waals surface area contributed by atoms with Gasteiger partial charge in [-0.15, -0.1) is 0 Å². The molecule has 1 fully saturated rings. The molecule has 0 spiro atoms. The van der Waals surface area contributed by atoms with Crippen LogP contribution in [0, 0.1) is 6.92 Å². The summed E-state index contributed by atoms with van der Waals surface area (Å²) in [5.41, 5.74) is 2.48. The van der Waals surface area contributed by atoms with Gasteiger partial charge in [-0.1, -0.05) is 12.1 Å². The van der Waals surface area contributed by atoms with Gasteiger partial charge in [-0.05, 0) is 42.7 Å². The van der Waals surface area contributed by atoms with Crippen molar-refractivity contribution in [3.8, 4) is 5.75 Å². The SMILES string of the molecule is COc1cccc([C@H]2C[C@@H](O)CN2C(=O)c2[nH]ccc2C)c1. The molecule has 0 bridgehead atoms. The van der Waals surface area contributed by atoms with E-state index >= 15 is 0 Å². The monoisotopic (exact) mass is 300 g/mol. The second kappa shape index (κ2) is 5.85. The summed E-state index contributed by atoms with van der Waals surface area (Å²) in [6, 6.07) is 9.40. The molecule has 1 aromatic carbocycles. The van der Waals surface area contributed by atoms with E-state index in [2.05, 4.69) is 4.98 Å². The number of hydrogen-bond donors (Lipinski definition) is 2. The lowest BCUT2D eigenvalue weighted by Crippen LogP contribution is -2.32. The number of nitrogens with zero attached hydrogens (tertiary/aromatic N) is 1. The minimum atomic E-state index is -0.504. The molecule has 1 aliphatic heterocycles. The number of benzene rings is 1. The van der Waals surface area contributed by atoms with Gasteiger partial charge in [0, 0.05) is 12.7 Å². The van der Waals surface area contributed by atoms with Crippen molar-refractivity contribution < 1.29 is 14.6 Å². The van der Waals surface area contributed by atoms with Gasteiger partial charge in [-0.2, -0.15) is 0 Å². The molecular weight excluding hydrogens is 280 g/mol. The average molecular weight is 300 g/mol. The molecule has 0 saturated carbocycles. The van der Waals surface area contributed by atoms with Gasteiger partial charge in [0.25, 0.3) is 5.91 Å².